The van der Waals surface area contributed by atoms with Crippen molar-refractivity contribution in [1.29, 1.82) is 0 Å². The summed E-state index contributed by atoms with van der Waals surface area (Å²) >= 11 is 1.88. The second-order valence-electron chi connectivity index (χ2n) is 10.4. The fraction of sp³-hybridized carbons (Fsp3) is 0.517. The number of benzene rings is 2. The Hall–Kier alpha value is -2.19. The van der Waals surface area contributed by atoms with Crippen molar-refractivity contribution in [3.05, 3.63) is 59.2 Å². The average molecular weight is 509 g/mol. The van der Waals surface area contributed by atoms with Gasteiger partial charge in [0.05, 0.1) is 12.2 Å². The van der Waals surface area contributed by atoms with Crippen LogP contribution in [0.25, 0.3) is 0 Å². The fourth-order valence-electron chi connectivity index (χ4n) is 4.89. The summed E-state index contributed by atoms with van der Waals surface area (Å²) in [5, 5.41) is 14.1. The van der Waals surface area contributed by atoms with Crippen LogP contribution in [0, 0.1) is 6.92 Å². The summed E-state index contributed by atoms with van der Waals surface area (Å²) in [5.74, 6) is 1.85. The summed E-state index contributed by atoms with van der Waals surface area (Å²) in [5.41, 5.74) is 4.46. The summed E-state index contributed by atoms with van der Waals surface area (Å²) in [6.45, 7) is 13.8. The number of amidine groups is 1. The monoisotopic (exact) mass is 508 g/mol. The molecule has 1 aliphatic carbocycles. The van der Waals surface area contributed by atoms with E-state index in [-0.39, 0.29) is 11.1 Å². The van der Waals surface area contributed by atoms with Crippen molar-refractivity contribution in [3.8, 4) is 0 Å². The molecule has 7 heteroatoms. The summed E-state index contributed by atoms with van der Waals surface area (Å²) < 4.78 is 0. The predicted octanol–water partition coefficient (Wildman–Crippen LogP) is 4.69. The number of likely N-dealkylation sites (N-methyl/N-ethyl adjacent to an activating group) is 1. The van der Waals surface area contributed by atoms with Crippen LogP contribution in [0.5, 0.6) is 0 Å². The zero-order chi connectivity index (χ0) is 26.0. The first kappa shape index (κ1) is 28.4. The van der Waals surface area contributed by atoms with Gasteiger partial charge in [0.1, 0.15) is 5.84 Å². The van der Waals surface area contributed by atoms with E-state index in [1.807, 2.05) is 31.9 Å². The molecule has 0 unspecified atom stereocenters. The van der Waals surface area contributed by atoms with Gasteiger partial charge in [-0.3, -0.25) is 9.98 Å². The molecule has 2 aromatic carbocycles. The van der Waals surface area contributed by atoms with Crippen LogP contribution in [0.3, 0.4) is 0 Å². The number of thioether (sulfide) groups is 1. The van der Waals surface area contributed by atoms with E-state index in [0.29, 0.717) is 0 Å². The van der Waals surface area contributed by atoms with Crippen LogP contribution in [-0.4, -0.2) is 63.1 Å². The van der Waals surface area contributed by atoms with E-state index in [0.717, 1.165) is 61.9 Å². The molecule has 196 valence electrons. The van der Waals surface area contributed by atoms with Crippen molar-refractivity contribution in [1.82, 2.24) is 21.3 Å². The molecule has 0 amide bonds. The Kier molecular flexibility index (Phi) is 10.5. The minimum Gasteiger partial charge on any atom is -0.369 e. The van der Waals surface area contributed by atoms with Gasteiger partial charge in [-0.1, -0.05) is 29.8 Å². The number of nitrogens with zero attached hydrogens (tertiary/aromatic N) is 2. The molecular weight excluding hydrogens is 464 g/mol. The highest BCUT2D eigenvalue weighted by Gasteiger charge is 2.40. The van der Waals surface area contributed by atoms with Crippen molar-refractivity contribution in [3.63, 3.8) is 0 Å². The number of rotatable bonds is 14. The van der Waals surface area contributed by atoms with Crippen LogP contribution in [0.15, 0.2) is 57.3 Å². The zero-order valence-corrected chi connectivity index (χ0v) is 23.5. The van der Waals surface area contributed by atoms with Crippen LogP contribution in [0.4, 0.5) is 5.69 Å². The van der Waals surface area contributed by atoms with Gasteiger partial charge in [-0.25, -0.2) is 0 Å². The van der Waals surface area contributed by atoms with Crippen molar-refractivity contribution in [2.24, 2.45) is 9.98 Å². The molecule has 3 rings (SSSR count). The SMILES string of the molecule is C=Nc1ccc(C)cc1C(=NCC1(NC(C)(C)CNC)CCC1)NCCSc1ccccc1CNC. The molecule has 0 spiro atoms. The largest absolute Gasteiger partial charge is 0.369 e. The molecule has 1 fully saturated rings. The van der Waals surface area contributed by atoms with Gasteiger partial charge >= 0.3 is 0 Å². The Balaban J connectivity index is 1.76. The van der Waals surface area contributed by atoms with Crippen LogP contribution >= 0.6 is 11.8 Å². The molecule has 2 aromatic rings. The van der Waals surface area contributed by atoms with E-state index in [1.54, 1.807) is 0 Å². The van der Waals surface area contributed by atoms with Crippen molar-refractivity contribution < 1.29 is 0 Å². The van der Waals surface area contributed by atoms with Crippen LogP contribution in [0.2, 0.25) is 0 Å². The first-order chi connectivity index (χ1) is 17.3. The third kappa shape index (κ3) is 7.90. The second kappa shape index (κ2) is 13.4. The quantitative estimate of drug-likeness (QED) is 0.129. The Morgan fingerprint density at radius 1 is 1.11 bits per heavy atom. The van der Waals surface area contributed by atoms with Gasteiger partial charge in [-0.15, -0.1) is 11.8 Å². The van der Waals surface area contributed by atoms with Crippen molar-refractivity contribution in [2.45, 2.75) is 62.6 Å². The molecule has 1 aliphatic rings. The van der Waals surface area contributed by atoms with Gasteiger partial charge in [0.15, 0.2) is 0 Å². The third-order valence-electron chi connectivity index (χ3n) is 6.64. The number of aryl methyl sites for hydroxylation is 1. The van der Waals surface area contributed by atoms with E-state index in [2.05, 4.69) is 90.1 Å². The minimum absolute atomic E-state index is 0.00677. The van der Waals surface area contributed by atoms with E-state index in [1.165, 1.54) is 22.4 Å². The van der Waals surface area contributed by atoms with Crippen LogP contribution < -0.4 is 21.3 Å². The Bertz CT molecular complexity index is 1030. The van der Waals surface area contributed by atoms with Gasteiger partial charge in [-0.05, 0) is 84.6 Å². The maximum absolute atomic E-state index is 5.19. The molecule has 0 bridgehead atoms. The summed E-state index contributed by atoms with van der Waals surface area (Å²) in [4.78, 5) is 10.8. The van der Waals surface area contributed by atoms with Gasteiger partial charge < -0.3 is 21.3 Å². The zero-order valence-electron chi connectivity index (χ0n) is 22.7. The maximum Gasteiger partial charge on any atom is 0.130 e. The Labute approximate surface area is 222 Å². The summed E-state index contributed by atoms with van der Waals surface area (Å²) in [7, 11) is 4.00. The fourth-order valence-corrected chi connectivity index (χ4v) is 5.81. The molecule has 4 N–H and O–H groups in total. The smallest absolute Gasteiger partial charge is 0.130 e. The second-order valence-corrected chi connectivity index (χ2v) is 11.6. The first-order valence-electron chi connectivity index (χ1n) is 13.0. The molecule has 0 aliphatic heterocycles. The van der Waals surface area contributed by atoms with Gasteiger partial charge in [0, 0.05) is 46.9 Å². The third-order valence-corrected chi connectivity index (χ3v) is 7.76. The van der Waals surface area contributed by atoms with E-state index >= 15 is 0 Å². The highest BCUT2D eigenvalue weighted by Crippen LogP contribution is 2.34. The number of aliphatic imine (C=N–C) groups is 2. The van der Waals surface area contributed by atoms with Gasteiger partial charge in [-0.2, -0.15) is 0 Å². The molecule has 0 aromatic heterocycles. The molecule has 0 atom stereocenters. The molecule has 6 nitrogen and oxygen atoms in total. The molecule has 36 heavy (non-hydrogen) atoms. The summed E-state index contributed by atoms with van der Waals surface area (Å²) in [6.07, 6.45) is 3.54. The lowest BCUT2D eigenvalue weighted by Gasteiger charge is -2.47. The summed E-state index contributed by atoms with van der Waals surface area (Å²) in [6, 6.07) is 14.9. The first-order valence-corrected chi connectivity index (χ1v) is 14.0. The Morgan fingerprint density at radius 2 is 1.89 bits per heavy atom. The highest BCUT2D eigenvalue weighted by atomic mass is 32.2. The van der Waals surface area contributed by atoms with Crippen LogP contribution in [-0.2, 0) is 6.54 Å². The molecule has 0 radical (unpaired) electrons. The van der Waals surface area contributed by atoms with Crippen LogP contribution in [0.1, 0.15) is 49.8 Å². The van der Waals surface area contributed by atoms with E-state index in [9.17, 15) is 0 Å². The standard InChI is InChI=1S/C29H44N6S/c1-22-12-13-25(32-6)24(18-22)27(33-16-17-36-26-11-8-7-10-23(26)19-30-4)34-21-29(14-9-15-29)35-28(2,3)20-31-5/h7-8,10-13,18,30-31,35H,6,9,14-17,19-21H2,1-5H3,(H,33,34). The molecule has 0 saturated heterocycles. The normalized spacial score (nSPS) is 15.4. The number of hydrogen-bond acceptors (Lipinski definition) is 6. The lowest BCUT2D eigenvalue weighted by atomic mass is 9.75. The predicted molar refractivity (Wildman–Crippen MR) is 157 cm³/mol. The number of nitrogens with one attached hydrogen (secondary N) is 4. The van der Waals surface area contributed by atoms with Gasteiger partial charge in [0.2, 0.25) is 0 Å². The highest BCUT2D eigenvalue weighted by molar-refractivity contribution is 7.99. The average Bonchev–Trinajstić information content (AvgIpc) is 2.82. The Morgan fingerprint density at radius 3 is 2.56 bits per heavy atom. The van der Waals surface area contributed by atoms with E-state index < -0.39 is 0 Å². The van der Waals surface area contributed by atoms with Gasteiger partial charge in [0.25, 0.3) is 0 Å². The lowest BCUT2D eigenvalue weighted by molar-refractivity contribution is 0.140. The number of hydrogen-bond donors (Lipinski definition) is 4. The lowest BCUT2D eigenvalue weighted by Crippen LogP contribution is -2.63. The topological polar surface area (TPSA) is 72.8 Å². The molecule has 0 heterocycles. The molecule has 1 saturated carbocycles. The van der Waals surface area contributed by atoms with Crippen molar-refractivity contribution in [2.75, 3.05) is 39.5 Å². The minimum atomic E-state index is 0.00677. The van der Waals surface area contributed by atoms with E-state index in [4.69, 9.17) is 4.99 Å². The maximum atomic E-state index is 5.19. The molecular formula is C29H44N6S. The van der Waals surface area contributed by atoms with Crippen molar-refractivity contribution >= 4 is 30.0 Å².